The Hall–Kier alpha value is -2.08. The van der Waals surface area contributed by atoms with Crippen molar-refractivity contribution in [3.8, 4) is 11.3 Å². The molecule has 2 aromatic rings. The summed E-state index contributed by atoms with van der Waals surface area (Å²) in [7, 11) is 1.24. The van der Waals surface area contributed by atoms with Crippen molar-refractivity contribution in [1.29, 1.82) is 0 Å². The summed E-state index contributed by atoms with van der Waals surface area (Å²) >= 11 is 4.98. The van der Waals surface area contributed by atoms with E-state index in [1.165, 1.54) is 19.2 Å². The van der Waals surface area contributed by atoms with Gasteiger partial charge in [0, 0.05) is 11.3 Å². The fraction of sp³-hybridized carbons (Fsp3) is 0.154. The standard InChI is InChI=1S/C13H11FN2O2S/c1-7-3-11(16-13(19)15-7)8-4-9(12(17)18-2)6-10(14)5-8/h3-6H,1-2H3,(H,15,16,19). The molecule has 0 fully saturated rings. The molecule has 2 rings (SSSR count). The highest BCUT2D eigenvalue weighted by molar-refractivity contribution is 7.71. The van der Waals surface area contributed by atoms with Gasteiger partial charge in [0.05, 0.1) is 18.4 Å². The summed E-state index contributed by atoms with van der Waals surface area (Å²) in [6, 6.07) is 5.66. The van der Waals surface area contributed by atoms with Gasteiger partial charge in [0.2, 0.25) is 0 Å². The molecule has 0 saturated carbocycles. The van der Waals surface area contributed by atoms with E-state index in [0.29, 0.717) is 16.0 Å². The number of carbonyl (C=O) groups excluding carboxylic acids is 1. The average molecular weight is 278 g/mol. The Kier molecular flexibility index (Phi) is 3.71. The number of hydrogen-bond donors (Lipinski definition) is 1. The van der Waals surface area contributed by atoms with Crippen LogP contribution in [0.4, 0.5) is 4.39 Å². The third-order valence-corrected chi connectivity index (χ3v) is 2.69. The highest BCUT2D eigenvalue weighted by Crippen LogP contribution is 2.21. The van der Waals surface area contributed by atoms with Gasteiger partial charge in [0.25, 0.3) is 0 Å². The number of nitrogens with one attached hydrogen (secondary N) is 1. The van der Waals surface area contributed by atoms with Crippen LogP contribution in [0.25, 0.3) is 11.3 Å². The van der Waals surface area contributed by atoms with Gasteiger partial charge in [0.1, 0.15) is 5.82 Å². The number of hydrogen-bond acceptors (Lipinski definition) is 4. The van der Waals surface area contributed by atoms with E-state index in [1.54, 1.807) is 6.07 Å². The van der Waals surface area contributed by atoms with Crippen LogP contribution >= 0.6 is 12.2 Å². The summed E-state index contributed by atoms with van der Waals surface area (Å²) in [6.07, 6.45) is 0. The largest absolute Gasteiger partial charge is 0.465 e. The van der Waals surface area contributed by atoms with Crippen LogP contribution in [0, 0.1) is 17.5 Å². The molecule has 0 radical (unpaired) electrons. The summed E-state index contributed by atoms with van der Waals surface area (Å²) in [4.78, 5) is 18.4. The molecule has 0 atom stereocenters. The summed E-state index contributed by atoms with van der Waals surface area (Å²) in [5, 5.41) is 0. The zero-order valence-electron chi connectivity index (χ0n) is 10.4. The number of ether oxygens (including phenoxy) is 1. The number of halogens is 1. The highest BCUT2D eigenvalue weighted by Gasteiger charge is 2.11. The van der Waals surface area contributed by atoms with Crippen molar-refractivity contribution in [2.24, 2.45) is 0 Å². The maximum absolute atomic E-state index is 13.5. The lowest BCUT2D eigenvalue weighted by Crippen LogP contribution is -2.02. The molecule has 19 heavy (non-hydrogen) atoms. The molecule has 0 spiro atoms. The Balaban J connectivity index is 2.59. The fourth-order valence-corrected chi connectivity index (χ4v) is 1.96. The first-order valence-corrected chi connectivity index (χ1v) is 5.87. The molecule has 1 heterocycles. The quantitative estimate of drug-likeness (QED) is 0.677. The second-order valence-electron chi connectivity index (χ2n) is 3.97. The summed E-state index contributed by atoms with van der Waals surface area (Å²) < 4.78 is 18.4. The molecule has 0 bridgehead atoms. The molecule has 0 aliphatic heterocycles. The lowest BCUT2D eigenvalue weighted by Gasteiger charge is -2.05. The molecule has 0 aliphatic carbocycles. The van der Waals surface area contributed by atoms with Crippen LogP contribution in [0.15, 0.2) is 24.3 Å². The van der Waals surface area contributed by atoms with E-state index in [0.717, 1.165) is 11.8 Å². The van der Waals surface area contributed by atoms with Crippen molar-refractivity contribution in [1.82, 2.24) is 9.97 Å². The van der Waals surface area contributed by atoms with E-state index < -0.39 is 11.8 Å². The third-order valence-electron chi connectivity index (χ3n) is 2.49. The van der Waals surface area contributed by atoms with Gasteiger partial charge in [-0.25, -0.2) is 14.2 Å². The molecule has 4 nitrogen and oxygen atoms in total. The normalized spacial score (nSPS) is 10.3. The minimum atomic E-state index is -0.599. The monoisotopic (exact) mass is 278 g/mol. The molecule has 0 aliphatic rings. The number of carbonyl (C=O) groups is 1. The number of rotatable bonds is 2. The lowest BCUT2D eigenvalue weighted by molar-refractivity contribution is 0.0600. The second kappa shape index (κ2) is 5.27. The first kappa shape index (κ1) is 13.4. The van der Waals surface area contributed by atoms with Gasteiger partial charge in [-0.1, -0.05) is 0 Å². The molecule has 1 N–H and O–H groups in total. The number of benzene rings is 1. The van der Waals surface area contributed by atoms with Gasteiger partial charge in [0.15, 0.2) is 4.77 Å². The molecule has 1 aromatic heterocycles. The maximum Gasteiger partial charge on any atom is 0.337 e. The molecular weight excluding hydrogens is 267 g/mol. The number of aryl methyl sites for hydroxylation is 1. The van der Waals surface area contributed by atoms with E-state index >= 15 is 0 Å². The van der Waals surface area contributed by atoms with Gasteiger partial charge in [-0.2, -0.15) is 0 Å². The number of methoxy groups -OCH3 is 1. The summed E-state index contributed by atoms with van der Waals surface area (Å²) in [5.41, 5.74) is 1.92. The number of nitrogens with zero attached hydrogens (tertiary/aromatic N) is 1. The molecule has 1 aromatic carbocycles. The first-order valence-electron chi connectivity index (χ1n) is 5.47. The van der Waals surface area contributed by atoms with Gasteiger partial charge in [-0.05, 0) is 43.4 Å². The van der Waals surface area contributed by atoms with E-state index in [-0.39, 0.29) is 5.56 Å². The molecule has 98 valence electrons. The van der Waals surface area contributed by atoms with Crippen molar-refractivity contribution in [2.45, 2.75) is 6.92 Å². The smallest absolute Gasteiger partial charge is 0.337 e. The number of esters is 1. The Morgan fingerprint density at radius 3 is 2.74 bits per heavy atom. The van der Waals surface area contributed by atoms with E-state index in [4.69, 9.17) is 12.2 Å². The Labute approximate surface area is 114 Å². The summed E-state index contributed by atoms with van der Waals surface area (Å²) in [6.45, 7) is 1.82. The first-order chi connectivity index (χ1) is 8.99. The van der Waals surface area contributed by atoms with Gasteiger partial charge < -0.3 is 9.72 Å². The minimum Gasteiger partial charge on any atom is -0.465 e. The van der Waals surface area contributed by atoms with Crippen LogP contribution in [0.2, 0.25) is 0 Å². The van der Waals surface area contributed by atoms with E-state index in [9.17, 15) is 9.18 Å². The maximum atomic E-state index is 13.5. The second-order valence-corrected chi connectivity index (χ2v) is 4.36. The van der Waals surface area contributed by atoms with Crippen LogP contribution in [0.3, 0.4) is 0 Å². The third kappa shape index (κ3) is 3.03. The van der Waals surface area contributed by atoms with Gasteiger partial charge >= 0.3 is 5.97 Å². The van der Waals surface area contributed by atoms with Crippen LogP contribution < -0.4 is 0 Å². The number of aromatic nitrogens is 2. The Bertz CT molecular complexity index is 697. The topological polar surface area (TPSA) is 55.0 Å². The molecule has 0 amide bonds. The minimum absolute atomic E-state index is 0.135. The Morgan fingerprint density at radius 2 is 2.11 bits per heavy atom. The van der Waals surface area contributed by atoms with Gasteiger partial charge in [-0.3, -0.25) is 0 Å². The highest BCUT2D eigenvalue weighted by atomic mass is 32.1. The van der Waals surface area contributed by atoms with Gasteiger partial charge in [-0.15, -0.1) is 0 Å². The van der Waals surface area contributed by atoms with Crippen molar-refractivity contribution in [3.05, 3.63) is 46.1 Å². The zero-order valence-corrected chi connectivity index (χ0v) is 11.2. The summed E-state index contributed by atoms with van der Waals surface area (Å²) in [5.74, 6) is -1.13. The number of aromatic amines is 1. The predicted octanol–water partition coefficient (Wildman–Crippen LogP) is 3.04. The zero-order chi connectivity index (χ0) is 14.0. The van der Waals surface area contributed by atoms with E-state index in [1.807, 2.05) is 6.92 Å². The molecule has 0 unspecified atom stereocenters. The van der Waals surface area contributed by atoms with Crippen LogP contribution in [0.1, 0.15) is 16.1 Å². The molecule has 0 saturated heterocycles. The fourth-order valence-electron chi connectivity index (χ4n) is 1.70. The van der Waals surface area contributed by atoms with Crippen LogP contribution in [0.5, 0.6) is 0 Å². The van der Waals surface area contributed by atoms with Crippen LogP contribution in [-0.2, 0) is 4.74 Å². The van der Waals surface area contributed by atoms with Crippen molar-refractivity contribution >= 4 is 18.2 Å². The Morgan fingerprint density at radius 1 is 1.37 bits per heavy atom. The molecule has 6 heteroatoms. The lowest BCUT2D eigenvalue weighted by atomic mass is 10.1. The van der Waals surface area contributed by atoms with E-state index in [2.05, 4.69) is 14.7 Å². The average Bonchev–Trinajstić information content (AvgIpc) is 2.36. The molecular formula is C13H11FN2O2S. The predicted molar refractivity (Wildman–Crippen MR) is 70.9 cm³/mol. The number of H-pyrrole nitrogens is 1. The SMILES string of the molecule is COC(=O)c1cc(F)cc(-c2cc(C)[nH]c(=S)n2)c1. The van der Waals surface area contributed by atoms with Crippen LogP contribution in [-0.4, -0.2) is 23.0 Å². The van der Waals surface area contributed by atoms with Crippen molar-refractivity contribution in [2.75, 3.05) is 7.11 Å². The van der Waals surface area contributed by atoms with Crippen molar-refractivity contribution in [3.63, 3.8) is 0 Å². The van der Waals surface area contributed by atoms with Crippen molar-refractivity contribution < 1.29 is 13.9 Å².